The minimum Gasteiger partial charge on any atom is -0.261 e. The Morgan fingerprint density at radius 2 is 2.09 bits per heavy atom. The van der Waals surface area contributed by atoms with E-state index in [1.54, 1.807) is 6.21 Å². The van der Waals surface area contributed by atoms with Gasteiger partial charge < -0.3 is 0 Å². The molecule has 2 heterocycles. The topological polar surface area (TPSA) is 24.7 Å². The van der Waals surface area contributed by atoms with Crippen molar-refractivity contribution >= 4 is 28.4 Å². The Balaban J connectivity index is 2.46. The zero-order chi connectivity index (χ0) is 7.84. The predicted octanol–water partition coefficient (Wildman–Crippen LogP) is 2.08. The SMILES string of the molecule is CC1=C2C=C(Br)C=N[C@H]2N=C1. The molecule has 0 radical (unpaired) electrons. The average molecular weight is 211 g/mol. The normalized spacial score (nSPS) is 27.5. The highest BCUT2D eigenvalue weighted by Gasteiger charge is 2.18. The minimum atomic E-state index is 0.0382. The molecule has 2 aliphatic heterocycles. The third kappa shape index (κ3) is 1.09. The van der Waals surface area contributed by atoms with Gasteiger partial charge in [0.05, 0.1) is 0 Å². The van der Waals surface area contributed by atoms with Gasteiger partial charge in [-0.25, -0.2) is 0 Å². The molecule has 0 amide bonds. The quantitative estimate of drug-likeness (QED) is 0.586. The van der Waals surface area contributed by atoms with Crippen LogP contribution in [0.25, 0.3) is 0 Å². The summed E-state index contributed by atoms with van der Waals surface area (Å²) in [6.45, 7) is 2.05. The number of fused-ring (bicyclic) bond motifs is 1. The lowest BCUT2D eigenvalue weighted by molar-refractivity contribution is 0.860. The predicted molar refractivity (Wildman–Crippen MR) is 50.5 cm³/mol. The minimum absolute atomic E-state index is 0.0382. The molecule has 0 aromatic carbocycles. The maximum absolute atomic E-state index is 4.23. The second-order valence-electron chi connectivity index (χ2n) is 2.60. The zero-order valence-corrected chi connectivity index (χ0v) is 7.67. The van der Waals surface area contributed by atoms with Gasteiger partial charge in [-0.05, 0) is 34.5 Å². The Labute approximate surface area is 73.6 Å². The second-order valence-corrected chi connectivity index (χ2v) is 3.51. The zero-order valence-electron chi connectivity index (χ0n) is 6.08. The van der Waals surface area contributed by atoms with Gasteiger partial charge in [0.25, 0.3) is 0 Å². The molecular weight excluding hydrogens is 204 g/mol. The number of halogens is 1. The fourth-order valence-corrected chi connectivity index (χ4v) is 1.54. The fraction of sp³-hybridized carbons (Fsp3) is 0.250. The highest BCUT2D eigenvalue weighted by molar-refractivity contribution is 9.12. The van der Waals surface area contributed by atoms with E-state index >= 15 is 0 Å². The molecule has 0 aromatic heterocycles. The van der Waals surface area contributed by atoms with Gasteiger partial charge in [0, 0.05) is 22.5 Å². The number of nitrogens with zero attached hydrogens (tertiary/aromatic N) is 2. The molecule has 0 saturated carbocycles. The molecule has 2 nitrogen and oxygen atoms in total. The van der Waals surface area contributed by atoms with E-state index in [2.05, 4.69) is 38.9 Å². The maximum atomic E-state index is 4.23. The first-order chi connectivity index (χ1) is 5.27. The second kappa shape index (κ2) is 2.41. The van der Waals surface area contributed by atoms with E-state index in [9.17, 15) is 0 Å². The van der Waals surface area contributed by atoms with E-state index in [1.807, 2.05) is 6.21 Å². The molecule has 0 saturated heterocycles. The highest BCUT2D eigenvalue weighted by atomic mass is 79.9. The largest absolute Gasteiger partial charge is 0.261 e. The van der Waals surface area contributed by atoms with Crippen LogP contribution in [0, 0.1) is 0 Å². The van der Waals surface area contributed by atoms with Crippen molar-refractivity contribution in [3.63, 3.8) is 0 Å². The number of hydrogen-bond acceptors (Lipinski definition) is 2. The standard InChI is InChI=1S/C8H7BrN2/c1-5-3-10-8-7(5)2-6(9)4-11-8/h2-4,8H,1H3/t8-/m1/s1. The Kier molecular flexibility index (Phi) is 1.53. The maximum Gasteiger partial charge on any atom is 0.165 e. The van der Waals surface area contributed by atoms with E-state index in [0.717, 1.165) is 4.48 Å². The van der Waals surface area contributed by atoms with Gasteiger partial charge in [-0.15, -0.1) is 0 Å². The Morgan fingerprint density at radius 1 is 1.36 bits per heavy atom. The lowest BCUT2D eigenvalue weighted by Crippen LogP contribution is -2.05. The number of hydrogen-bond donors (Lipinski definition) is 0. The monoisotopic (exact) mass is 210 g/mol. The molecule has 11 heavy (non-hydrogen) atoms. The first-order valence-corrected chi connectivity index (χ1v) is 4.21. The number of dihydropyridines is 1. The molecule has 0 fully saturated rings. The average Bonchev–Trinajstić information content (AvgIpc) is 2.33. The van der Waals surface area contributed by atoms with Crippen molar-refractivity contribution in [3.8, 4) is 0 Å². The van der Waals surface area contributed by atoms with Crippen molar-refractivity contribution in [1.82, 2.24) is 0 Å². The van der Waals surface area contributed by atoms with Crippen molar-refractivity contribution in [2.45, 2.75) is 13.1 Å². The van der Waals surface area contributed by atoms with Crippen LogP contribution in [-0.4, -0.2) is 18.6 Å². The van der Waals surface area contributed by atoms with Crippen molar-refractivity contribution in [2.75, 3.05) is 0 Å². The van der Waals surface area contributed by atoms with Crippen LogP contribution in [0.3, 0.4) is 0 Å². The van der Waals surface area contributed by atoms with E-state index in [0.29, 0.717) is 0 Å². The first kappa shape index (κ1) is 6.98. The molecule has 2 aliphatic rings. The van der Waals surface area contributed by atoms with E-state index in [1.165, 1.54) is 11.1 Å². The third-order valence-corrected chi connectivity index (χ3v) is 2.21. The van der Waals surface area contributed by atoms with Crippen molar-refractivity contribution in [3.05, 3.63) is 21.7 Å². The number of allylic oxidation sites excluding steroid dienone is 2. The van der Waals surface area contributed by atoms with Gasteiger partial charge in [0.2, 0.25) is 0 Å². The molecule has 0 bridgehead atoms. The van der Waals surface area contributed by atoms with Crippen LogP contribution < -0.4 is 0 Å². The van der Waals surface area contributed by atoms with Crippen molar-refractivity contribution < 1.29 is 0 Å². The Morgan fingerprint density at radius 3 is 2.91 bits per heavy atom. The number of rotatable bonds is 0. The summed E-state index contributed by atoms with van der Waals surface area (Å²) >= 11 is 3.37. The van der Waals surface area contributed by atoms with Crippen LogP contribution in [0.4, 0.5) is 0 Å². The molecule has 56 valence electrons. The van der Waals surface area contributed by atoms with Gasteiger partial charge in [-0.2, -0.15) is 0 Å². The molecule has 0 N–H and O–H groups in total. The first-order valence-electron chi connectivity index (χ1n) is 3.42. The van der Waals surface area contributed by atoms with Crippen molar-refractivity contribution in [1.29, 1.82) is 0 Å². The van der Waals surface area contributed by atoms with E-state index in [-0.39, 0.29) is 6.17 Å². The Bertz CT molecular complexity index is 310. The van der Waals surface area contributed by atoms with Crippen LogP contribution in [0.1, 0.15) is 6.92 Å². The van der Waals surface area contributed by atoms with Crippen molar-refractivity contribution in [2.24, 2.45) is 9.98 Å². The van der Waals surface area contributed by atoms with E-state index < -0.39 is 0 Å². The highest BCUT2D eigenvalue weighted by Crippen LogP contribution is 2.25. The summed E-state index contributed by atoms with van der Waals surface area (Å²) in [6, 6.07) is 0. The van der Waals surface area contributed by atoms with Crippen LogP contribution in [0.15, 0.2) is 31.7 Å². The van der Waals surface area contributed by atoms with Gasteiger partial charge in [-0.1, -0.05) is 0 Å². The van der Waals surface area contributed by atoms with Crippen LogP contribution in [0.5, 0.6) is 0 Å². The van der Waals surface area contributed by atoms with Crippen LogP contribution in [-0.2, 0) is 0 Å². The summed E-state index contributed by atoms with van der Waals surface area (Å²) in [5.74, 6) is 0. The Hall–Kier alpha value is -0.700. The molecule has 0 unspecified atom stereocenters. The summed E-state index contributed by atoms with van der Waals surface area (Å²) in [7, 11) is 0. The van der Waals surface area contributed by atoms with Gasteiger partial charge in [0.1, 0.15) is 0 Å². The van der Waals surface area contributed by atoms with Gasteiger partial charge in [-0.3, -0.25) is 9.98 Å². The van der Waals surface area contributed by atoms with Gasteiger partial charge >= 0.3 is 0 Å². The molecule has 3 heteroatoms. The lowest BCUT2D eigenvalue weighted by Gasteiger charge is -2.09. The summed E-state index contributed by atoms with van der Waals surface area (Å²) < 4.78 is 1.02. The molecule has 0 aliphatic carbocycles. The summed E-state index contributed by atoms with van der Waals surface area (Å²) in [5.41, 5.74) is 2.42. The van der Waals surface area contributed by atoms with E-state index in [4.69, 9.17) is 0 Å². The smallest absolute Gasteiger partial charge is 0.165 e. The summed E-state index contributed by atoms with van der Waals surface area (Å²) in [6.07, 6.45) is 5.78. The molecule has 1 atom stereocenters. The van der Waals surface area contributed by atoms with Crippen LogP contribution in [0.2, 0.25) is 0 Å². The summed E-state index contributed by atoms with van der Waals surface area (Å²) in [4.78, 5) is 8.44. The van der Waals surface area contributed by atoms with Crippen LogP contribution >= 0.6 is 15.9 Å². The summed E-state index contributed by atoms with van der Waals surface area (Å²) in [5, 5.41) is 0. The molecule has 2 rings (SSSR count). The van der Waals surface area contributed by atoms with Gasteiger partial charge in [0.15, 0.2) is 6.17 Å². The molecule has 0 spiro atoms. The third-order valence-electron chi connectivity index (χ3n) is 1.78. The molecular formula is C8H7BrN2. The lowest BCUT2D eigenvalue weighted by atomic mass is 10.1. The fourth-order valence-electron chi connectivity index (χ4n) is 1.18. The number of aliphatic imine (C=N–C) groups is 2. The molecule has 0 aromatic rings.